The minimum absolute atomic E-state index is 0.103. The molecule has 1 aliphatic rings. The summed E-state index contributed by atoms with van der Waals surface area (Å²) >= 11 is 0. The second kappa shape index (κ2) is 6.35. The van der Waals surface area contributed by atoms with E-state index in [0.717, 1.165) is 11.1 Å². The largest absolute Gasteiger partial charge is 0.305 e. The van der Waals surface area contributed by atoms with Gasteiger partial charge in [-0.25, -0.2) is 21.9 Å². The van der Waals surface area contributed by atoms with E-state index in [1.165, 1.54) is 36.4 Å². The number of rotatable bonds is 5. The predicted octanol–water partition coefficient (Wildman–Crippen LogP) is 2.23. The molecular formula is C16H16F2N2O2S. The molecule has 0 saturated carbocycles. The van der Waals surface area contributed by atoms with E-state index in [4.69, 9.17) is 0 Å². The average Bonchev–Trinajstić information content (AvgIpc) is 2.88. The summed E-state index contributed by atoms with van der Waals surface area (Å²) in [4.78, 5) is 0. The maximum Gasteiger partial charge on any atom is 0.213 e. The standard InChI is InChI=1S/C16H16F2N2O2S/c17-13-3-1-11(2-4-13)8-20-23(21,22)10-16-15-6-5-14(18)7-12(15)9-19-16/h1-7,16,19-20H,8-10H2. The smallest absolute Gasteiger partial charge is 0.213 e. The Kier molecular flexibility index (Phi) is 4.43. The van der Waals surface area contributed by atoms with Gasteiger partial charge >= 0.3 is 0 Å². The third-order valence-electron chi connectivity index (χ3n) is 3.81. The van der Waals surface area contributed by atoms with Crippen molar-refractivity contribution in [2.75, 3.05) is 5.75 Å². The fourth-order valence-corrected chi connectivity index (χ4v) is 3.87. The molecule has 2 N–H and O–H groups in total. The van der Waals surface area contributed by atoms with Gasteiger partial charge in [0, 0.05) is 19.1 Å². The molecule has 0 aromatic heterocycles. The molecule has 2 aromatic rings. The van der Waals surface area contributed by atoms with Crippen molar-refractivity contribution in [3.63, 3.8) is 0 Å². The van der Waals surface area contributed by atoms with Crippen LogP contribution in [0.3, 0.4) is 0 Å². The van der Waals surface area contributed by atoms with Crippen molar-refractivity contribution < 1.29 is 17.2 Å². The van der Waals surface area contributed by atoms with Crippen molar-refractivity contribution in [2.24, 2.45) is 0 Å². The number of halogens is 2. The number of nitrogens with one attached hydrogen (secondary N) is 2. The molecule has 0 saturated heterocycles. The maximum absolute atomic E-state index is 13.2. The highest BCUT2D eigenvalue weighted by Crippen LogP contribution is 2.26. The molecule has 0 bridgehead atoms. The van der Waals surface area contributed by atoms with Gasteiger partial charge in [-0.05, 0) is 41.0 Å². The molecule has 0 fully saturated rings. The van der Waals surface area contributed by atoms with E-state index >= 15 is 0 Å². The molecule has 0 radical (unpaired) electrons. The highest BCUT2D eigenvalue weighted by atomic mass is 32.2. The molecule has 2 aromatic carbocycles. The van der Waals surface area contributed by atoms with E-state index in [1.807, 2.05) is 0 Å². The van der Waals surface area contributed by atoms with E-state index in [9.17, 15) is 17.2 Å². The van der Waals surface area contributed by atoms with Crippen LogP contribution in [0.5, 0.6) is 0 Å². The van der Waals surface area contributed by atoms with E-state index in [-0.39, 0.29) is 30.0 Å². The Morgan fingerprint density at radius 2 is 1.78 bits per heavy atom. The van der Waals surface area contributed by atoms with Crippen LogP contribution in [0, 0.1) is 11.6 Å². The lowest BCUT2D eigenvalue weighted by Gasteiger charge is -2.13. The van der Waals surface area contributed by atoms with Crippen LogP contribution in [-0.4, -0.2) is 14.2 Å². The van der Waals surface area contributed by atoms with E-state index in [0.29, 0.717) is 12.1 Å². The molecular weight excluding hydrogens is 322 g/mol. The van der Waals surface area contributed by atoms with Crippen molar-refractivity contribution in [1.29, 1.82) is 0 Å². The molecule has 1 unspecified atom stereocenters. The third-order valence-corrected chi connectivity index (χ3v) is 5.17. The van der Waals surface area contributed by atoms with Gasteiger partial charge < -0.3 is 5.32 Å². The van der Waals surface area contributed by atoms with Gasteiger partial charge in [0.2, 0.25) is 10.0 Å². The zero-order valence-corrected chi connectivity index (χ0v) is 13.0. The number of hydrogen-bond donors (Lipinski definition) is 2. The quantitative estimate of drug-likeness (QED) is 0.879. The van der Waals surface area contributed by atoms with E-state index < -0.39 is 10.0 Å². The first-order valence-corrected chi connectivity index (χ1v) is 8.82. The van der Waals surface area contributed by atoms with Crippen molar-refractivity contribution in [2.45, 2.75) is 19.1 Å². The molecule has 4 nitrogen and oxygen atoms in total. The fraction of sp³-hybridized carbons (Fsp3) is 0.250. The maximum atomic E-state index is 13.2. The first-order chi connectivity index (χ1) is 10.9. The summed E-state index contributed by atoms with van der Waals surface area (Å²) in [5.74, 6) is -0.827. The van der Waals surface area contributed by atoms with Gasteiger partial charge in [-0.15, -0.1) is 0 Å². The highest BCUT2D eigenvalue weighted by molar-refractivity contribution is 7.89. The number of sulfonamides is 1. The van der Waals surface area contributed by atoms with Crippen LogP contribution in [-0.2, 0) is 23.1 Å². The zero-order chi connectivity index (χ0) is 16.4. The Morgan fingerprint density at radius 3 is 2.52 bits per heavy atom. The first kappa shape index (κ1) is 16.0. The van der Waals surface area contributed by atoms with Crippen LogP contribution in [0.15, 0.2) is 42.5 Å². The zero-order valence-electron chi connectivity index (χ0n) is 12.2. The van der Waals surface area contributed by atoms with Crippen molar-refractivity contribution >= 4 is 10.0 Å². The molecule has 0 spiro atoms. The Balaban J connectivity index is 1.65. The molecule has 1 heterocycles. The second-order valence-electron chi connectivity index (χ2n) is 5.51. The molecule has 1 atom stereocenters. The summed E-state index contributed by atoms with van der Waals surface area (Å²) < 4.78 is 52.9. The molecule has 122 valence electrons. The summed E-state index contributed by atoms with van der Waals surface area (Å²) in [6.45, 7) is 0.552. The molecule has 0 aliphatic carbocycles. The lowest BCUT2D eigenvalue weighted by Crippen LogP contribution is -2.31. The summed E-state index contributed by atoms with van der Waals surface area (Å²) in [6, 6.07) is 9.63. The normalized spacial score (nSPS) is 17.2. The van der Waals surface area contributed by atoms with Crippen LogP contribution in [0.25, 0.3) is 0 Å². The lowest BCUT2D eigenvalue weighted by atomic mass is 10.1. The van der Waals surface area contributed by atoms with Crippen LogP contribution in [0.4, 0.5) is 8.78 Å². The molecule has 0 amide bonds. The Hall–Kier alpha value is -1.83. The Labute approximate surface area is 133 Å². The number of fused-ring (bicyclic) bond motifs is 1. The summed E-state index contributed by atoms with van der Waals surface area (Å²) in [5.41, 5.74) is 2.26. The average molecular weight is 338 g/mol. The minimum atomic E-state index is -3.53. The Bertz CT molecular complexity index is 807. The van der Waals surface area contributed by atoms with E-state index in [1.54, 1.807) is 6.07 Å². The van der Waals surface area contributed by atoms with Gasteiger partial charge in [-0.2, -0.15) is 0 Å². The second-order valence-corrected chi connectivity index (χ2v) is 7.36. The summed E-state index contributed by atoms with van der Waals surface area (Å²) in [7, 11) is -3.53. The van der Waals surface area contributed by atoms with Crippen molar-refractivity contribution in [3.8, 4) is 0 Å². The number of benzene rings is 2. The summed E-state index contributed by atoms with van der Waals surface area (Å²) in [5, 5.41) is 3.08. The third kappa shape index (κ3) is 3.93. The van der Waals surface area contributed by atoms with Gasteiger partial charge in [0.25, 0.3) is 0 Å². The van der Waals surface area contributed by atoms with Gasteiger partial charge in [0.15, 0.2) is 0 Å². The first-order valence-electron chi connectivity index (χ1n) is 7.16. The highest BCUT2D eigenvalue weighted by Gasteiger charge is 2.27. The predicted molar refractivity (Wildman–Crippen MR) is 83.0 cm³/mol. The van der Waals surface area contributed by atoms with Crippen LogP contribution >= 0.6 is 0 Å². The lowest BCUT2D eigenvalue weighted by molar-refractivity contribution is 0.559. The molecule has 23 heavy (non-hydrogen) atoms. The number of hydrogen-bond acceptors (Lipinski definition) is 3. The fourth-order valence-electron chi connectivity index (χ4n) is 2.63. The molecule has 7 heteroatoms. The van der Waals surface area contributed by atoms with Gasteiger partial charge in [-0.1, -0.05) is 18.2 Å². The van der Waals surface area contributed by atoms with E-state index in [2.05, 4.69) is 10.0 Å². The topological polar surface area (TPSA) is 58.2 Å². The van der Waals surface area contributed by atoms with Gasteiger partial charge in [-0.3, -0.25) is 0 Å². The van der Waals surface area contributed by atoms with Crippen LogP contribution in [0.2, 0.25) is 0 Å². The molecule has 3 rings (SSSR count). The van der Waals surface area contributed by atoms with Gasteiger partial charge in [0.05, 0.1) is 5.75 Å². The van der Waals surface area contributed by atoms with Crippen LogP contribution < -0.4 is 10.0 Å². The minimum Gasteiger partial charge on any atom is -0.305 e. The van der Waals surface area contributed by atoms with Crippen LogP contribution in [0.1, 0.15) is 22.7 Å². The molecule has 1 aliphatic heterocycles. The monoisotopic (exact) mass is 338 g/mol. The Morgan fingerprint density at radius 1 is 1.09 bits per heavy atom. The van der Waals surface area contributed by atoms with Crippen molar-refractivity contribution in [3.05, 3.63) is 70.8 Å². The summed E-state index contributed by atoms with van der Waals surface area (Å²) in [6.07, 6.45) is 0. The SMILES string of the molecule is O=S(=O)(CC1NCc2cc(F)ccc21)NCc1ccc(F)cc1. The van der Waals surface area contributed by atoms with Gasteiger partial charge in [0.1, 0.15) is 11.6 Å². The van der Waals surface area contributed by atoms with Crippen molar-refractivity contribution in [1.82, 2.24) is 10.0 Å².